The zero-order valence-electron chi connectivity index (χ0n) is 25.0. The molecule has 210 valence electrons. The minimum absolute atomic E-state index is 0.153. The van der Waals surface area contributed by atoms with Gasteiger partial charge in [-0.3, -0.25) is 0 Å². The number of rotatable bonds is 5. The average molecular weight is 564 g/mol. The smallest absolute Gasteiger partial charge is 0.0465 e. The van der Waals surface area contributed by atoms with Gasteiger partial charge >= 0.3 is 0 Å². The molecule has 0 radical (unpaired) electrons. The summed E-state index contributed by atoms with van der Waals surface area (Å²) in [5, 5.41) is 2.55. The molecule has 8 rings (SSSR count). The van der Waals surface area contributed by atoms with E-state index in [0.717, 1.165) is 11.4 Å². The van der Waals surface area contributed by atoms with E-state index in [2.05, 4.69) is 183 Å². The maximum absolute atomic E-state index is 2.44. The molecule has 7 aromatic carbocycles. The molecule has 0 aliphatic heterocycles. The fourth-order valence-electron chi connectivity index (χ4n) is 7.06. The second kappa shape index (κ2) is 10.4. The van der Waals surface area contributed by atoms with E-state index in [4.69, 9.17) is 0 Å². The number of anilines is 3. The average Bonchev–Trinajstić information content (AvgIpc) is 3.31. The number of hydrogen-bond acceptors (Lipinski definition) is 1. The SMILES string of the molecule is CC1(C)c2cc(-c3ccc4ccccc4c3-c3ccccc3)ccc2-c2ccc(N(c3ccccc3)c3ccccc3)cc21. The Hall–Kier alpha value is -5.40. The summed E-state index contributed by atoms with van der Waals surface area (Å²) in [6.07, 6.45) is 0. The van der Waals surface area contributed by atoms with Gasteiger partial charge in [0.05, 0.1) is 0 Å². The van der Waals surface area contributed by atoms with Crippen molar-refractivity contribution < 1.29 is 0 Å². The third kappa shape index (κ3) is 4.24. The van der Waals surface area contributed by atoms with Gasteiger partial charge < -0.3 is 4.90 Å². The van der Waals surface area contributed by atoms with E-state index in [-0.39, 0.29) is 5.41 Å². The van der Waals surface area contributed by atoms with E-state index in [1.54, 1.807) is 0 Å². The molecule has 1 aliphatic rings. The van der Waals surface area contributed by atoms with Crippen LogP contribution in [-0.2, 0) is 5.41 Å². The van der Waals surface area contributed by atoms with E-state index in [1.807, 2.05) is 0 Å². The van der Waals surface area contributed by atoms with Gasteiger partial charge in [0, 0.05) is 22.5 Å². The molecule has 0 heterocycles. The van der Waals surface area contributed by atoms with Crippen LogP contribution in [0.1, 0.15) is 25.0 Å². The molecule has 0 fully saturated rings. The van der Waals surface area contributed by atoms with Gasteiger partial charge in [0.2, 0.25) is 0 Å². The Kier molecular flexibility index (Phi) is 6.20. The molecule has 0 spiro atoms. The van der Waals surface area contributed by atoms with Gasteiger partial charge in [-0.05, 0) is 97.7 Å². The molecule has 1 nitrogen and oxygen atoms in total. The summed E-state index contributed by atoms with van der Waals surface area (Å²) in [4.78, 5) is 2.35. The highest BCUT2D eigenvalue weighted by molar-refractivity contribution is 6.04. The highest BCUT2D eigenvalue weighted by Crippen LogP contribution is 2.52. The molecular weight excluding hydrogens is 530 g/mol. The molecule has 44 heavy (non-hydrogen) atoms. The van der Waals surface area contributed by atoms with Crippen molar-refractivity contribution in [3.05, 3.63) is 175 Å². The van der Waals surface area contributed by atoms with Crippen LogP contribution in [0.15, 0.2) is 164 Å². The molecular formula is C43H33N. The first-order valence-corrected chi connectivity index (χ1v) is 15.4. The molecule has 0 bridgehead atoms. The Balaban J connectivity index is 1.27. The van der Waals surface area contributed by atoms with Gasteiger partial charge in [-0.2, -0.15) is 0 Å². The summed E-state index contributed by atoms with van der Waals surface area (Å²) in [5.41, 5.74) is 13.8. The zero-order valence-corrected chi connectivity index (χ0v) is 25.0. The summed E-state index contributed by atoms with van der Waals surface area (Å²) in [6, 6.07) is 59.5. The quantitative estimate of drug-likeness (QED) is 0.201. The fraction of sp³-hybridized carbons (Fsp3) is 0.0698. The summed E-state index contributed by atoms with van der Waals surface area (Å²) >= 11 is 0. The van der Waals surface area contributed by atoms with Gasteiger partial charge in [-0.25, -0.2) is 0 Å². The van der Waals surface area contributed by atoms with Gasteiger partial charge in [0.15, 0.2) is 0 Å². The Morgan fingerprint density at radius 1 is 0.409 bits per heavy atom. The van der Waals surface area contributed by atoms with E-state index >= 15 is 0 Å². The Labute approximate surface area is 259 Å². The van der Waals surface area contributed by atoms with Crippen molar-refractivity contribution >= 4 is 27.8 Å². The molecule has 0 N–H and O–H groups in total. The van der Waals surface area contributed by atoms with Crippen molar-refractivity contribution in [3.8, 4) is 33.4 Å². The minimum Gasteiger partial charge on any atom is -0.310 e. The van der Waals surface area contributed by atoms with Crippen LogP contribution in [0.3, 0.4) is 0 Å². The van der Waals surface area contributed by atoms with Crippen LogP contribution in [0, 0.1) is 0 Å². The van der Waals surface area contributed by atoms with Crippen LogP contribution in [0.4, 0.5) is 17.1 Å². The molecule has 7 aromatic rings. The second-order valence-corrected chi connectivity index (χ2v) is 12.2. The van der Waals surface area contributed by atoms with E-state index in [0.29, 0.717) is 0 Å². The summed E-state index contributed by atoms with van der Waals surface area (Å²) < 4.78 is 0. The van der Waals surface area contributed by atoms with Crippen LogP contribution < -0.4 is 4.90 Å². The Bertz CT molecular complexity index is 2090. The Morgan fingerprint density at radius 3 is 1.64 bits per heavy atom. The number of hydrogen-bond donors (Lipinski definition) is 0. The number of fused-ring (bicyclic) bond motifs is 4. The first-order chi connectivity index (χ1) is 21.6. The lowest BCUT2D eigenvalue weighted by Crippen LogP contribution is -2.16. The first kappa shape index (κ1) is 26.2. The molecule has 0 saturated carbocycles. The maximum Gasteiger partial charge on any atom is 0.0465 e. The summed E-state index contributed by atoms with van der Waals surface area (Å²) in [5.74, 6) is 0. The van der Waals surface area contributed by atoms with E-state index in [9.17, 15) is 0 Å². The number of benzene rings is 7. The first-order valence-electron chi connectivity index (χ1n) is 15.4. The predicted octanol–water partition coefficient (Wildman–Crippen LogP) is 11.9. The molecule has 0 unspecified atom stereocenters. The van der Waals surface area contributed by atoms with Crippen molar-refractivity contribution in [1.82, 2.24) is 0 Å². The van der Waals surface area contributed by atoms with Crippen molar-refractivity contribution in [2.75, 3.05) is 4.90 Å². The van der Waals surface area contributed by atoms with Crippen LogP contribution in [0.2, 0.25) is 0 Å². The van der Waals surface area contributed by atoms with Crippen molar-refractivity contribution in [2.45, 2.75) is 19.3 Å². The molecule has 1 aliphatic carbocycles. The van der Waals surface area contributed by atoms with Gasteiger partial charge in [-0.15, -0.1) is 0 Å². The van der Waals surface area contributed by atoms with E-state index in [1.165, 1.54) is 61.0 Å². The maximum atomic E-state index is 2.44. The lowest BCUT2D eigenvalue weighted by Gasteiger charge is -2.28. The number of para-hydroxylation sites is 2. The molecule has 0 atom stereocenters. The summed E-state index contributed by atoms with van der Waals surface area (Å²) in [7, 11) is 0. The largest absolute Gasteiger partial charge is 0.310 e. The lowest BCUT2D eigenvalue weighted by atomic mass is 9.80. The van der Waals surface area contributed by atoms with Gasteiger partial charge in [-0.1, -0.05) is 135 Å². The fourth-order valence-corrected chi connectivity index (χ4v) is 7.06. The lowest BCUT2D eigenvalue weighted by molar-refractivity contribution is 0.660. The highest BCUT2D eigenvalue weighted by Gasteiger charge is 2.36. The summed E-state index contributed by atoms with van der Waals surface area (Å²) in [6.45, 7) is 4.75. The second-order valence-electron chi connectivity index (χ2n) is 12.2. The number of nitrogens with zero attached hydrogens (tertiary/aromatic N) is 1. The van der Waals surface area contributed by atoms with Crippen molar-refractivity contribution in [3.63, 3.8) is 0 Å². The molecule has 0 saturated heterocycles. The van der Waals surface area contributed by atoms with Crippen LogP contribution in [0.25, 0.3) is 44.2 Å². The minimum atomic E-state index is -0.153. The van der Waals surface area contributed by atoms with Gasteiger partial charge in [0.25, 0.3) is 0 Å². The molecule has 1 heteroatoms. The monoisotopic (exact) mass is 563 g/mol. The highest BCUT2D eigenvalue weighted by atomic mass is 15.1. The van der Waals surface area contributed by atoms with Crippen molar-refractivity contribution in [1.29, 1.82) is 0 Å². The third-order valence-corrected chi connectivity index (χ3v) is 9.25. The molecule has 0 aromatic heterocycles. The normalized spacial score (nSPS) is 13.0. The Morgan fingerprint density at radius 2 is 0.955 bits per heavy atom. The van der Waals surface area contributed by atoms with Gasteiger partial charge in [0.1, 0.15) is 0 Å². The standard InChI is InChI=1S/C43H33N/c1-43(2)40-28-32(37-25-22-30-14-12-13-21-36(30)42(37)31-15-6-3-7-16-31)23-26-38(40)39-27-24-35(29-41(39)43)44(33-17-8-4-9-18-33)34-19-10-5-11-20-34/h3-29H,1-2H3. The van der Waals surface area contributed by atoms with Crippen LogP contribution in [0.5, 0.6) is 0 Å². The topological polar surface area (TPSA) is 3.24 Å². The van der Waals surface area contributed by atoms with E-state index < -0.39 is 0 Å². The zero-order chi connectivity index (χ0) is 29.7. The predicted molar refractivity (Wildman–Crippen MR) is 187 cm³/mol. The van der Waals surface area contributed by atoms with Crippen LogP contribution >= 0.6 is 0 Å². The third-order valence-electron chi connectivity index (χ3n) is 9.25. The van der Waals surface area contributed by atoms with Crippen molar-refractivity contribution in [2.24, 2.45) is 0 Å². The van der Waals surface area contributed by atoms with Crippen LogP contribution in [-0.4, -0.2) is 0 Å². The molecule has 0 amide bonds.